The summed E-state index contributed by atoms with van der Waals surface area (Å²) in [5.74, 6) is -1.76. The molecule has 0 aliphatic carbocycles. The number of fused-ring (bicyclic) bond motifs is 1. The summed E-state index contributed by atoms with van der Waals surface area (Å²) >= 11 is 0. The molecule has 2 aromatic carbocycles. The summed E-state index contributed by atoms with van der Waals surface area (Å²) < 4.78 is 44.5. The van der Waals surface area contributed by atoms with Gasteiger partial charge in [0.25, 0.3) is 17.7 Å². The van der Waals surface area contributed by atoms with Crippen molar-refractivity contribution in [3.05, 3.63) is 59.0 Å². The highest BCUT2D eigenvalue weighted by atomic mass is 19.3. The van der Waals surface area contributed by atoms with Gasteiger partial charge in [0.2, 0.25) is 5.82 Å². The fourth-order valence-corrected chi connectivity index (χ4v) is 3.13. The van der Waals surface area contributed by atoms with Crippen LogP contribution in [0.15, 0.2) is 40.9 Å². The zero-order chi connectivity index (χ0) is 23.7. The number of amides is 2. The van der Waals surface area contributed by atoms with Crippen LogP contribution in [0.25, 0.3) is 11.4 Å². The molecule has 1 aliphatic heterocycles. The van der Waals surface area contributed by atoms with Gasteiger partial charge in [0.1, 0.15) is 0 Å². The Hall–Kier alpha value is -4.35. The van der Waals surface area contributed by atoms with Gasteiger partial charge in [-0.25, -0.2) is 4.79 Å². The second-order valence-corrected chi connectivity index (χ2v) is 6.76. The molecule has 170 valence electrons. The normalized spacial score (nSPS) is 12.8. The molecule has 4 rings (SSSR count). The van der Waals surface area contributed by atoms with E-state index in [-0.39, 0.29) is 46.5 Å². The van der Waals surface area contributed by atoms with Crippen LogP contribution in [0.1, 0.15) is 37.0 Å². The Morgan fingerprint density at radius 1 is 1.09 bits per heavy atom. The topological polar surface area (TPSA) is 121 Å². The first-order valence-corrected chi connectivity index (χ1v) is 9.38. The molecule has 10 nitrogen and oxygen atoms in total. The maximum absolute atomic E-state index is 12.5. The molecule has 2 amide bonds. The first-order chi connectivity index (χ1) is 15.8. The largest absolute Gasteiger partial charge is 0.493 e. The van der Waals surface area contributed by atoms with Gasteiger partial charge in [-0.2, -0.15) is 13.8 Å². The fourth-order valence-electron chi connectivity index (χ4n) is 3.13. The van der Waals surface area contributed by atoms with Crippen molar-refractivity contribution in [2.45, 2.75) is 13.2 Å². The highest BCUT2D eigenvalue weighted by Crippen LogP contribution is 2.32. The number of hydrogen-bond donors (Lipinski definition) is 0. The van der Waals surface area contributed by atoms with Gasteiger partial charge in [-0.05, 0) is 36.4 Å². The minimum absolute atomic E-state index is 0.0302. The molecule has 0 spiro atoms. The third-order valence-electron chi connectivity index (χ3n) is 4.76. The van der Waals surface area contributed by atoms with Crippen molar-refractivity contribution in [1.29, 1.82) is 0 Å². The maximum Gasteiger partial charge on any atom is 0.387 e. The molecule has 0 radical (unpaired) electrons. The first kappa shape index (κ1) is 21.9. The molecule has 1 aliphatic rings. The van der Waals surface area contributed by atoms with Gasteiger partial charge >= 0.3 is 12.6 Å². The molecule has 0 unspecified atom stereocenters. The zero-order valence-electron chi connectivity index (χ0n) is 17.2. The van der Waals surface area contributed by atoms with Gasteiger partial charge in [0.15, 0.2) is 18.1 Å². The number of benzene rings is 2. The number of rotatable bonds is 7. The Morgan fingerprint density at radius 3 is 2.58 bits per heavy atom. The number of ether oxygens (including phenoxy) is 3. The van der Waals surface area contributed by atoms with Crippen LogP contribution in [-0.4, -0.2) is 53.6 Å². The number of carbonyl (C=O) groups is 3. The smallest absolute Gasteiger partial charge is 0.387 e. The lowest BCUT2D eigenvalue weighted by Crippen LogP contribution is -2.24. The van der Waals surface area contributed by atoms with Gasteiger partial charge in [-0.3, -0.25) is 14.5 Å². The van der Waals surface area contributed by atoms with Gasteiger partial charge in [0, 0.05) is 12.6 Å². The Kier molecular flexibility index (Phi) is 5.73. The average molecular weight is 459 g/mol. The van der Waals surface area contributed by atoms with Crippen molar-refractivity contribution in [3.63, 3.8) is 0 Å². The van der Waals surface area contributed by atoms with Crippen LogP contribution in [0.3, 0.4) is 0 Å². The molecule has 1 aromatic heterocycles. The van der Waals surface area contributed by atoms with E-state index in [9.17, 15) is 23.2 Å². The standard InChI is InChI=1S/C21H15F2N3O7/c1-26-18(27)12-5-3-11(7-13(12)19(26)28)20(29)31-9-16-24-17(25-33-16)10-4-6-14(32-21(22)23)15(8-10)30-2/h3-8,21H,9H2,1-2H3. The van der Waals surface area contributed by atoms with E-state index in [0.717, 1.165) is 4.90 Å². The van der Waals surface area contributed by atoms with E-state index in [0.29, 0.717) is 5.56 Å². The summed E-state index contributed by atoms with van der Waals surface area (Å²) in [7, 11) is 2.64. The molecule has 0 saturated heterocycles. The van der Waals surface area contributed by atoms with E-state index in [1.54, 1.807) is 0 Å². The molecular weight excluding hydrogens is 444 g/mol. The van der Waals surface area contributed by atoms with Crippen molar-refractivity contribution < 1.29 is 41.9 Å². The SMILES string of the molecule is COc1cc(-c2noc(COC(=O)c3ccc4c(c3)C(=O)N(C)C4=O)n2)ccc1OC(F)F. The lowest BCUT2D eigenvalue weighted by molar-refractivity contribution is -0.0512. The van der Waals surface area contributed by atoms with Gasteiger partial charge in [-0.1, -0.05) is 5.16 Å². The third-order valence-corrected chi connectivity index (χ3v) is 4.76. The number of halogens is 2. The summed E-state index contributed by atoms with van der Waals surface area (Å²) in [5, 5.41) is 3.77. The van der Waals surface area contributed by atoms with E-state index in [1.807, 2.05) is 0 Å². The van der Waals surface area contributed by atoms with Crippen LogP contribution >= 0.6 is 0 Å². The summed E-state index contributed by atoms with van der Waals surface area (Å²) in [6.45, 7) is -3.37. The minimum atomic E-state index is -3.01. The number of carbonyl (C=O) groups excluding carboxylic acids is 3. The Bertz CT molecular complexity index is 1260. The van der Waals surface area contributed by atoms with Crippen LogP contribution in [0.4, 0.5) is 8.78 Å². The van der Waals surface area contributed by atoms with Crippen LogP contribution in [0, 0.1) is 0 Å². The number of alkyl halides is 2. The Labute approximate surface area is 184 Å². The third kappa shape index (κ3) is 4.22. The van der Waals surface area contributed by atoms with Crippen LogP contribution in [0.5, 0.6) is 11.5 Å². The van der Waals surface area contributed by atoms with Crippen molar-refractivity contribution in [1.82, 2.24) is 15.0 Å². The summed E-state index contributed by atoms with van der Waals surface area (Å²) in [6.07, 6.45) is 0. The monoisotopic (exact) mass is 459 g/mol. The number of methoxy groups -OCH3 is 1. The van der Waals surface area contributed by atoms with Crippen molar-refractivity contribution >= 4 is 17.8 Å². The second-order valence-electron chi connectivity index (χ2n) is 6.76. The van der Waals surface area contributed by atoms with E-state index in [2.05, 4.69) is 14.9 Å². The predicted octanol–water partition coefficient (Wildman–Crippen LogP) is 2.93. The second kappa shape index (κ2) is 8.65. The molecule has 3 aromatic rings. The number of imide groups is 1. The quantitative estimate of drug-likeness (QED) is 0.388. The molecular formula is C21H15F2N3O7. The van der Waals surface area contributed by atoms with Gasteiger partial charge in [0.05, 0.1) is 23.8 Å². The molecule has 0 atom stereocenters. The summed E-state index contributed by atoms with van der Waals surface area (Å²) in [5.41, 5.74) is 0.788. The highest BCUT2D eigenvalue weighted by molar-refractivity contribution is 6.21. The molecule has 0 saturated carbocycles. The van der Waals surface area contributed by atoms with Gasteiger partial charge in [-0.15, -0.1) is 0 Å². The number of nitrogens with zero attached hydrogens (tertiary/aromatic N) is 3. The fraction of sp³-hybridized carbons (Fsp3) is 0.190. The number of hydrogen-bond acceptors (Lipinski definition) is 9. The lowest BCUT2D eigenvalue weighted by atomic mass is 10.1. The molecule has 12 heteroatoms. The zero-order valence-corrected chi connectivity index (χ0v) is 17.2. The van der Waals surface area contributed by atoms with Crippen LogP contribution in [-0.2, 0) is 11.3 Å². The van der Waals surface area contributed by atoms with E-state index in [1.165, 1.54) is 50.6 Å². The molecule has 2 heterocycles. The minimum Gasteiger partial charge on any atom is -0.493 e. The van der Waals surface area contributed by atoms with Crippen molar-refractivity contribution in [2.24, 2.45) is 0 Å². The number of aromatic nitrogens is 2. The van der Waals surface area contributed by atoms with Crippen LogP contribution in [0.2, 0.25) is 0 Å². The lowest BCUT2D eigenvalue weighted by Gasteiger charge is -2.10. The van der Waals surface area contributed by atoms with Crippen molar-refractivity contribution in [2.75, 3.05) is 14.2 Å². The summed E-state index contributed by atoms with van der Waals surface area (Å²) in [4.78, 5) is 41.4. The van der Waals surface area contributed by atoms with E-state index >= 15 is 0 Å². The predicted molar refractivity (Wildman–Crippen MR) is 105 cm³/mol. The van der Waals surface area contributed by atoms with Gasteiger partial charge < -0.3 is 18.7 Å². The molecule has 0 N–H and O–H groups in total. The Balaban J connectivity index is 1.44. The molecule has 0 bridgehead atoms. The average Bonchev–Trinajstić information content (AvgIpc) is 3.36. The maximum atomic E-state index is 12.5. The highest BCUT2D eigenvalue weighted by Gasteiger charge is 2.33. The summed E-state index contributed by atoms with van der Waals surface area (Å²) in [6, 6.07) is 8.14. The Morgan fingerprint density at radius 2 is 1.85 bits per heavy atom. The first-order valence-electron chi connectivity index (χ1n) is 9.38. The molecule has 0 fully saturated rings. The van der Waals surface area contributed by atoms with E-state index in [4.69, 9.17) is 14.0 Å². The van der Waals surface area contributed by atoms with Crippen molar-refractivity contribution in [3.8, 4) is 22.9 Å². The number of esters is 1. The van der Waals surface area contributed by atoms with E-state index < -0.39 is 24.4 Å². The van der Waals surface area contributed by atoms with Crippen LogP contribution < -0.4 is 9.47 Å². The molecule has 33 heavy (non-hydrogen) atoms.